The quantitative estimate of drug-likeness (QED) is 0.793. The van der Waals surface area contributed by atoms with Crippen molar-refractivity contribution in [2.24, 2.45) is 5.92 Å². The summed E-state index contributed by atoms with van der Waals surface area (Å²) in [4.78, 5) is 0. The summed E-state index contributed by atoms with van der Waals surface area (Å²) in [5.41, 5.74) is 0. The van der Waals surface area contributed by atoms with E-state index in [1.807, 2.05) is 7.11 Å². The summed E-state index contributed by atoms with van der Waals surface area (Å²) in [7, 11) is 1.87. The van der Waals surface area contributed by atoms with Crippen molar-refractivity contribution in [1.82, 2.24) is 5.32 Å². The molecule has 0 aromatic heterocycles. The third-order valence-corrected chi connectivity index (χ3v) is 4.69. The SMILES string of the molecule is COC1CCCCC1NCCC1CCCCC1. The topological polar surface area (TPSA) is 21.3 Å². The highest BCUT2D eigenvalue weighted by atomic mass is 16.5. The maximum Gasteiger partial charge on any atom is 0.0724 e. The van der Waals surface area contributed by atoms with Crippen LogP contribution in [-0.2, 0) is 4.74 Å². The van der Waals surface area contributed by atoms with Crippen LogP contribution in [0.25, 0.3) is 0 Å². The first-order valence-corrected chi connectivity index (χ1v) is 7.66. The number of nitrogens with one attached hydrogen (secondary N) is 1. The number of methoxy groups -OCH3 is 1. The lowest BCUT2D eigenvalue weighted by molar-refractivity contribution is 0.0413. The molecule has 2 aliphatic carbocycles. The third kappa shape index (κ3) is 4.26. The molecule has 0 amide bonds. The Morgan fingerprint density at radius 2 is 1.65 bits per heavy atom. The average Bonchev–Trinajstić information content (AvgIpc) is 2.40. The highest BCUT2D eigenvalue weighted by Crippen LogP contribution is 2.26. The molecule has 0 heterocycles. The second-order valence-electron chi connectivity index (χ2n) is 5.91. The molecule has 0 bridgehead atoms. The minimum absolute atomic E-state index is 0.468. The van der Waals surface area contributed by atoms with Crippen LogP contribution in [-0.4, -0.2) is 25.8 Å². The van der Waals surface area contributed by atoms with Crippen molar-refractivity contribution in [1.29, 1.82) is 0 Å². The van der Waals surface area contributed by atoms with Crippen LogP contribution in [0.2, 0.25) is 0 Å². The van der Waals surface area contributed by atoms with Gasteiger partial charge in [-0.25, -0.2) is 0 Å². The number of rotatable bonds is 5. The van der Waals surface area contributed by atoms with E-state index in [1.54, 1.807) is 0 Å². The standard InChI is InChI=1S/C15H29NO/c1-17-15-10-6-5-9-14(15)16-12-11-13-7-3-2-4-8-13/h13-16H,2-12H2,1H3. The van der Waals surface area contributed by atoms with Gasteiger partial charge in [0.25, 0.3) is 0 Å². The maximum absolute atomic E-state index is 5.58. The number of hydrogen-bond acceptors (Lipinski definition) is 2. The van der Waals surface area contributed by atoms with Crippen molar-refractivity contribution in [2.75, 3.05) is 13.7 Å². The molecule has 2 heteroatoms. The Hall–Kier alpha value is -0.0800. The van der Waals surface area contributed by atoms with E-state index >= 15 is 0 Å². The Morgan fingerprint density at radius 1 is 0.941 bits per heavy atom. The molecule has 17 heavy (non-hydrogen) atoms. The monoisotopic (exact) mass is 239 g/mol. The van der Waals surface area contributed by atoms with E-state index in [4.69, 9.17) is 4.74 Å². The Labute approximate surface area is 107 Å². The molecular formula is C15H29NO. The van der Waals surface area contributed by atoms with Gasteiger partial charge in [-0.3, -0.25) is 0 Å². The molecule has 0 aliphatic heterocycles. The lowest BCUT2D eigenvalue weighted by Gasteiger charge is -2.32. The van der Waals surface area contributed by atoms with Crippen LogP contribution in [0.3, 0.4) is 0 Å². The van der Waals surface area contributed by atoms with E-state index in [-0.39, 0.29) is 0 Å². The summed E-state index contributed by atoms with van der Waals surface area (Å²) in [5.74, 6) is 1.00. The molecular weight excluding hydrogens is 210 g/mol. The molecule has 0 saturated heterocycles. The van der Waals surface area contributed by atoms with Crippen LogP contribution in [0.5, 0.6) is 0 Å². The summed E-state index contributed by atoms with van der Waals surface area (Å²) in [6, 6.07) is 0.623. The van der Waals surface area contributed by atoms with Gasteiger partial charge in [-0.15, -0.1) is 0 Å². The Bertz CT molecular complexity index is 201. The zero-order valence-corrected chi connectivity index (χ0v) is 11.4. The van der Waals surface area contributed by atoms with Crippen LogP contribution in [0, 0.1) is 5.92 Å². The molecule has 0 aromatic carbocycles. The van der Waals surface area contributed by atoms with E-state index in [0.29, 0.717) is 12.1 Å². The van der Waals surface area contributed by atoms with Gasteiger partial charge in [-0.1, -0.05) is 44.9 Å². The van der Waals surface area contributed by atoms with Crippen LogP contribution >= 0.6 is 0 Å². The minimum atomic E-state index is 0.468. The van der Waals surface area contributed by atoms with E-state index in [9.17, 15) is 0 Å². The molecule has 0 aromatic rings. The van der Waals surface area contributed by atoms with Crippen molar-refractivity contribution in [3.05, 3.63) is 0 Å². The Balaban J connectivity index is 1.62. The van der Waals surface area contributed by atoms with Gasteiger partial charge in [-0.05, 0) is 31.7 Å². The Kier molecular flexibility index (Phi) is 5.79. The predicted octanol–water partition coefficient (Wildman–Crippen LogP) is 3.50. The number of hydrogen-bond donors (Lipinski definition) is 1. The average molecular weight is 239 g/mol. The maximum atomic E-state index is 5.58. The predicted molar refractivity (Wildman–Crippen MR) is 72.2 cm³/mol. The molecule has 0 spiro atoms. The molecule has 2 saturated carbocycles. The fraction of sp³-hybridized carbons (Fsp3) is 1.00. The van der Waals surface area contributed by atoms with Crippen LogP contribution < -0.4 is 5.32 Å². The van der Waals surface area contributed by atoms with Gasteiger partial charge in [0, 0.05) is 13.2 Å². The molecule has 1 N–H and O–H groups in total. The van der Waals surface area contributed by atoms with Crippen LogP contribution in [0.15, 0.2) is 0 Å². The van der Waals surface area contributed by atoms with Gasteiger partial charge >= 0.3 is 0 Å². The zero-order valence-electron chi connectivity index (χ0n) is 11.4. The molecule has 2 unspecified atom stereocenters. The van der Waals surface area contributed by atoms with Gasteiger partial charge in [0.05, 0.1) is 6.10 Å². The van der Waals surface area contributed by atoms with E-state index in [2.05, 4.69) is 5.32 Å². The Morgan fingerprint density at radius 3 is 2.41 bits per heavy atom. The van der Waals surface area contributed by atoms with Gasteiger partial charge < -0.3 is 10.1 Å². The van der Waals surface area contributed by atoms with E-state index in [0.717, 1.165) is 5.92 Å². The van der Waals surface area contributed by atoms with Gasteiger partial charge in [0.1, 0.15) is 0 Å². The molecule has 2 atom stereocenters. The van der Waals surface area contributed by atoms with Crippen LogP contribution in [0.4, 0.5) is 0 Å². The van der Waals surface area contributed by atoms with Crippen molar-refractivity contribution in [3.8, 4) is 0 Å². The van der Waals surface area contributed by atoms with Gasteiger partial charge in [-0.2, -0.15) is 0 Å². The van der Waals surface area contributed by atoms with Crippen molar-refractivity contribution >= 4 is 0 Å². The smallest absolute Gasteiger partial charge is 0.0724 e. The summed E-state index contributed by atoms with van der Waals surface area (Å²) in [6.07, 6.45) is 14.5. The fourth-order valence-corrected chi connectivity index (χ4v) is 3.56. The van der Waals surface area contributed by atoms with Crippen molar-refractivity contribution in [2.45, 2.75) is 76.4 Å². The molecule has 100 valence electrons. The third-order valence-electron chi connectivity index (χ3n) is 4.69. The molecule has 0 radical (unpaired) electrons. The lowest BCUT2D eigenvalue weighted by Crippen LogP contribution is -2.43. The largest absolute Gasteiger partial charge is 0.380 e. The number of ether oxygens (including phenoxy) is 1. The molecule has 2 aliphatic rings. The highest BCUT2D eigenvalue weighted by molar-refractivity contribution is 4.81. The van der Waals surface area contributed by atoms with E-state index < -0.39 is 0 Å². The zero-order chi connectivity index (χ0) is 11.9. The first-order valence-electron chi connectivity index (χ1n) is 7.66. The normalized spacial score (nSPS) is 31.6. The lowest BCUT2D eigenvalue weighted by atomic mass is 9.86. The molecule has 2 rings (SSSR count). The van der Waals surface area contributed by atoms with Gasteiger partial charge in [0.2, 0.25) is 0 Å². The van der Waals surface area contributed by atoms with Crippen LogP contribution in [0.1, 0.15) is 64.2 Å². The summed E-state index contributed by atoms with van der Waals surface area (Å²) in [5, 5.41) is 3.74. The second-order valence-corrected chi connectivity index (χ2v) is 5.91. The van der Waals surface area contributed by atoms with Crippen molar-refractivity contribution in [3.63, 3.8) is 0 Å². The highest BCUT2D eigenvalue weighted by Gasteiger charge is 2.24. The minimum Gasteiger partial charge on any atom is -0.380 e. The second kappa shape index (κ2) is 7.38. The first-order chi connectivity index (χ1) is 8.40. The summed E-state index contributed by atoms with van der Waals surface area (Å²) < 4.78 is 5.58. The molecule has 2 fully saturated rings. The first kappa shape index (κ1) is 13.4. The van der Waals surface area contributed by atoms with Crippen molar-refractivity contribution < 1.29 is 4.74 Å². The summed E-state index contributed by atoms with van der Waals surface area (Å²) in [6.45, 7) is 1.20. The van der Waals surface area contributed by atoms with E-state index in [1.165, 1.54) is 70.8 Å². The fourth-order valence-electron chi connectivity index (χ4n) is 3.56. The summed E-state index contributed by atoms with van der Waals surface area (Å²) >= 11 is 0. The molecule has 2 nitrogen and oxygen atoms in total. The van der Waals surface area contributed by atoms with Gasteiger partial charge in [0.15, 0.2) is 0 Å².